The Morgan fingerprint density at radius 3 is 2.50 bits per heavy atom. The Morgan fingerprint density at radius 2 is 1.85 bits per heavy atom. The number of allylic oxidation sites excluding steroid dienone is 1. The Balaban J connectivity index is 1.70. The first-order valence-corrected chi connectivity index (χ1v) is 12.3. The van der Waals surface area contributed by atoms with Crippen molar-refractivity contribution in [3.8, 4) is 0 Å². The lowest BCUT2D eigenvalue weighted by Gasteiger charge is -2.28. The summed E-state index contributed by atoms with van der Waals surface area (Å²) in [6, 6.07) is 14.4. The summed E-state index contributed by atoms with van der Waals surface area (Å²) in [6.07, 6.45) is -0.249. The lowest BCUT2D eigenvalue weighted by Crippen LogP contribution is -2.30. The smallest absolute Gasteiger partial charge is 0.338 e. The van der Waals surface area contributed by atoms with Crippen LogP contribution in [0.3, 0.4) is 0 Å². The highest BCUT2D eigenvalue weighted by molar-refractivity contribution is 7.98. The molecular weight excluding hydrogens is 451 g/mol. The molecule has 0 aliphatic carbocycles. The molecule has 0 fully saturated rings. The molecule has 1 aliphatic rings. The molecular formula is C26H29FN4O2S. The number of rotatable bonds is 7. The second-order valence-electron chi connectivity index (χ2n) is 8.88. The molecule has 34 heavy (non-hydrogen) atoms. The van der Waals surface area contributed by atoms with Gasteiger partial charge in [-0.2, -0.15) is 4.98 Å². The maximum absolute atomic E-state index is 14.1. The van der Waals surface area contributed by atoms with Crippen LogP contribution >= 0.6 is 11.8 Å². The van der Waals surface area contributed by atoms with E-state index in [-0.39, 0.29) is 17.9 Å². The molecule has 0 bridgehead atoms. The van der Waals surface area contributed by atoms with Gasteiger partial charge in [0, 0.05) is 11.4 Å². The zero-order valence-electron chi connectivity index (χ0n) is 20.0. The van der Waals surface area contributed by atoms with Gasteiger partial charge in [0.1, 0.15) is 11.9 Å². The fourth-order valence-corrected chi connectivity index (χ4v) is 4.68. The summed E-state index contributed by atoms with van der Waals surface area (Å²) in [4.78, 5) is 17.7. The zero-order chi connectivity index (χ0) is 24.4. The van der Waals surface area contributed by atoms with Crippen molar-refractivity contribution in [1.82, 2.24) is 14.8 Å². The van der Waals surface area contributed by atoms with Crippen LogP contribution in [0.4, 0.5) is 10.3 Å². The number of nitrogens with zero attached hydrogens (tertiary/aromatic N) is 3. The molecule has 0 amide bonds. The summed E-state index contributed by atoms with van der Waals surface area (Å²) < 4.78 is 21.3. The molecule has 1 aliphatic heterocycles. The van der Waals surface area contributed by atoms with Crippen molar-refractivity contribution >= 4 is 23.7 Å². The van der Waals surface area contributed by atoms with Crippen molar-refractivity contribution in [3.05, 3.63) is 82.3 Å². The predicted octanol–water partition coefficient (Wildman–Crippen LogP) is 6.07. The molecule has 0 saturated heterocycles. The van der Waals surface area contributed by atoms with Crippen LogP contribution in [0.25, 0.3) is 0 Å². The van der Waals surface area contributed by atoms with Gasteiger partial charge in [0.15, 0.2) is 0 Å². The largest absolute Gasteiger partial charge is 0.459 e. The van der Waals surface area contributed by atoms with Gasteiger partial charge in [0.25, 0.3) is 0 Å². The van der Waals surface area contributed by atoms with E-state index in [0.29, 0.717) is 39.6 Å². The summed E-state index contributed by atoms with van der Waals surface area (Å²) in [7, 11) is 0. The number of esters is 1. The van der Waals surface area contributed by atoms with Crippen LogP contribution in [-0.4, -0.2) is 26.8 Å². The summed E-state index contributed by atoms with van der Waals surface area (Å²) in [6.45, 7) is 9.79. The van der Waals surface area contributed by atoms with Crippen LogP contribution in [0.5, 0.6) is 0 Å². The van der Waals surface area contributed by atoms with Gasteiger partial charge < -0.3 is 10.1 Å². The number of thioether (sulfide) groups is 1. The molecule has 2 aromatic carbocycles. The minimum absolute atomic E-state index is 0.249. The summed E-state index contributed by atoms with van der Waals surface area (Å²) in [5, 5.41) is 8.40. The average Bonchev–Trinajstić information content (AvgIpc) is 3.19. The van der Waals surface area contributed by atoms with E-state index in [1.54, 1.807) is 16.8 Å². The quantitative estimate of drug-likeness (QED) is 0.327. The van der Waals surface area contributed by atoms with Crippen LogP contribution < -0.4 is 5.32 Å². The third-order valence-electron chi connectivity index (χ3n) is 5.63. The number of carbonyl (C=O) groups excluding carboxylic acids is 1. The SMILES string of the molecule is CC1=C(C(=O)OC(C)C)C(c2ccc(C(C)C)cc2)n2nc(SCc3ccccc3F)nc2N1. The Hall–Kier alpha value is -3.13. The number of halogens is 1. The molecule has 0 spiro atoms. The van der Waals surface area contributed by atoms with Gasteiger partial charge >= 0.3 is 5.97 Å². The summed E-state index contributed by atoms with van der Waals surface area (Å²) >= 11 is 1.35. The zero-order valence-corrected chi connectivity index (χ0v) is 20.8. The van der Waals surface area contributed by atoms with E-state index in [2.05, 4.69) is 36.3 Å². The predicted molar refractivity (Wildman–Crippen MR) is 132 cm³/mol. The van der Waals surface area contributed by atoms with Gasteiger partial charge in [-0.25, -0.2) is 13.9 Å². The molecule has 8 heteroatoms. The average molecular weight is 481 g/mol. The van der Waals surface area contributed by atoms with Crippen molar-refractivity contribution in [2.24, 2.45) is 0 Å². The number of aromatic nitrogens is 3. The second kappa shape index (κ2) is 10.0. The first kappa shape index (κ1) is 24.0. The number of hydrogen-bond acceptors (Lipinski definition) is 6. The molecule has 3 aromatic rings. The van der Waals surface area contributed by atoms with Gasteiger partial charge in [-0.05, 0) is 49.4 Å². The van der Waals surface area contributed by atoms with Crippen molar-refractivity contribution in [3.63, 3.8) is 0 Å². The molecule has 1 atom stereocenters. The molecule has 4 rings (SSSR count). The molecule has 178 valence electrons. The van der Waals surface area contributed by atoms with Crippen molar-refractivity contribution < 1.29 is 13.9 Å². The monoisotopic (exact) mass is 480 g/mol. The second-order valence-corrected chi connectivity index (χ2v) is 9.83. The van der Waals surface area contributed by atoms with E-state index >= 15 is 0 Å². The number of anilines is 1. The van der Waals surface area contributed by atoms with Crippen LogP contribution in [0.15, 0.2) is 65.0 Å². The van der Waals surface area contributed by atoms with Crippen LogP contribution in [0, 0.1) is 5.82 Å². The first-order valence-electron chi connectivity index (χ1n) is 11.4. The molecule has 2 heterocycles. The summed E-state index contributed by atoms with van der Waals surface area (Å²) in [5.74, 6) is 0.690. The summed E-state index contributed by atoms with van der Waals surface area (Å²) in [5.41, 5.74) is 3.88. The van der Waals surface area contributed by atoms with Crippen LogP contribution in [0.1, 0.15) is 63.3 Å². The molecule has 1 N–H and O–H groups in total. The topological polar surface area (TPSA) is 69.0 Å². The van der Waals surface area contributed by atoms with Gasteiger partial charge in [-0.15, -0.1) is 5.10 Å². The Labute approximate surface area is 203 Å². The molecule has 1 aromatic heterocycles. The molecule has 0 saturated carbocycles. The van der Waals surface area contributed by atoms with Crippen molar-refractivity contribution in [2.45, 2.75) is 63.6 Å². The third kappa shape index (κ3) is 5.01. The number of benzene rings is 2. The van der Waals surface area contributed by atoms with Gasteiger partial charge in [0.2, 0.25) is 11.1 Å². The van der Waals surface area contributed by atoms with E-state index in [1.165, 1.54) is 23.4 Å². The number of fused-ring (bicyclic) bond motifs is 1. The van der Waals surface area contributed by atoms with E-state index in [0.717, 1.165) is 5.56 Å². The highest BCUT2D eigenvalue weighted by atomic mass is 32.2. The van der Waals surface area contributed by atoms with Crippen LogP contribution in [-0.2, 0) is 15.3 Å². The Morgan fingerprint density at radius 1 is 1.15 bits per heavy atom. The first-order chi connectivity index (χ1) is 16.2. The number of ether oxygens (including phenoxy) is 1. The minimum atomic E-state index is -0.487. The third-order valence-corrected chi connectivity index (χ3v) is 6.52. The number of hydrogen-bond donors (Lipinski definition) is 1. The normalized spacial score (nSPS) is 15.5. The lowest BCUT2D eigenvalue weighted by atomic mass is 9.93. The minimum Gasteiger partial charge on any atom is -0.459 e. The highest BCUT2D eigenvalue weighted by Crippen LogP contribution is 2.37. The fraction of sp³-hybridized carbons (Fsp3) is 0.346. The van der Waals surface area contributed by atoms with E-state index in [9.17, 15) is 9.18 Å². The van der Waals surface area contributed by atoms with Gasteiger partial charge in [-0.1, -0.05) is 68.1 Å². The van der Waals surface area contributed by atoms with Crippen molar-refractivity contribution in [2.75, 3.05) is 5.32 Å². The fourth-order valence-electron chi connectivity index (χ4n) is 3.86. The van der Waals surface area contributed by atoms with E-state index in [1.807, 2.05) is 39.0 Å². The van der Waals surface area contributed by atoms with E-state index < -0.39 is 6.04 Å². The highest BCUT2D eigenvalue weighted by Gasteiger charge is 2.35. The van der Waals surface area contributed by atoms with Gasteiger partial charge in [-0.3, -0.25) is 0 Å². The molecule has 1 unspecified atom stereocenters. The number of nitrogens with one attached hydrogen (secondary N) is 1. The molecule has 6 nitrogen and oxygen atoms in total. The Kier molecular flexibility index (Phi) is 7.07. The maximum atomic E-state index is 14.1. The maximum Gasteiger partial charge on any atom is 0.338 e. The van der Waals surface area contributed by atoms with E-state index in [4.69, 9.17) is 9.84 Å². The molecule has 0 radical (unpaired) electrons. The number of carbonyl (C=O) groups is 1. The van der Waals surface area contributed by atoms with Crippen molar-refractivity contribution in [1.29, 1.82) is 0 Å². The van der Waals surface area contributed by atoms with Crippen LogP contribution in [0.2, 0.25) is 0 Å². The Bertz CT molecular complexity index is 1220. The van der Waals surface area contributed by atoms with Gasteiger partial charge in [0.05, 0.1) is 11.7 Å². The lowest BCUT2D eigenvalue weighted by molar-refractivity contribution is -0.143. The standard InChI is InChI=1S/C26H29FN4O2S/c1-15(2)18-10-12-19(13-11-18)23-22(24(32)33-16(3)4)17(5)28-25-29-26(30-31(23)25)34-14-20-8-6-7-9-21(20)27/h6-13,15-16,23H,14H2,1-5H3,(H,28,29,30).